The summed E-state index contributed by atoms with van der Waals surface area (Å²) in [4.78, 5) is 8.42. The van der Waals surface area contributed by atoms with Crippen molar-refractivity contribution >= 4 is 5.69 Å². The van der Waals surface area contributed by atoms with Gasteiger partial charge in [0.15, 0.2) is 5.82 Å². The molecule has 0 amide bonds. The van der Waals surface area contributed by atoms with E-state index in [0.29, 0.717) is 18.1 Å². The van der Waals surface area contributed by atoms with Crippen LogP contribution in [0.5, 0.6) is 0 Å². The van der Waals surface area contributed by atoms with Gasteiger partial charge in [-0.15, -0.1) is 0 Å². The summed E-state index contributed by atoms with van der Waals surface area (Å²) in [5.41, 5.74) is 7.17. The first-order valence-corrected chi connectivity index (χ1v) is 5.55. The highest BCUT2D eigenvalue weighted by molar-refractivity contribution is 5.31. The predicted molar refractivity (Wildman–Crippen MR) is 66.4 cm³/mol. The number of rotatable bonds is 4. The maximum absolute atomic E-state index is 5.69. The van der Waals surface area contributed by atoms with E-state index < -0.39 is 0 Å². The number of aromatic nitrogens is 2. The van der Waals surface area contributed by atoms with Gasteiger partial charge >= 0.3 is 0 Å². The molecule has 4 nitrogen and oxygen atoms in total. The van der Waals surface area contributed by atoms with Crippen molar-refractivity contribution in [3.8, 4) is 0 Å². The number of benzene rings is 1. The molecule has 0 spiro atoms. The molecule has 1 heterocycles. The third-order valence-corrected chi connectivity index (χ3v) is 2.36. The number of nitrogens with zero attached hydrogens (tertiary/aromatic N) is 2. The first-order valence-electron chi connectivity index (χ1n) is 5.55. The monoisotopic (exact) mass is 229 g/mol. The van der Waals surface area contributed by atoms with Gasteiger partial charge in [0, 0.05) is 6.61 Å². The normalized spacial score (nSPS) is 12.3. The van der Waals surface area contributed by atoms with Crippen molar-refractivity contribution in [1.29, 1.82) is 0 Å². The molecule has 2 aromatic rings. The van der Waals surface area contributed by atoms with Gasteiger partial charge in [-0.05, 0) is 12.5 Å². The molecule has 0 aliphatic carbocycles. The second kappa shape index (κ2) is 5.41. The summed E-state index contributed by atoms with van der Waals surface area (Å²) < 4.78 is 5.69. The number of hydrogen-bond donors (Lipinski definition) is 1. The lowest BCUT2D eigenvalue weighted by Crippen LogP contribution is -2.10. The Bertz CT molecular complexity index is 456. The molecule has 88 valence electrons. The van der Waals surface area contributed by atoms with E-state index in [1.807, 2.05) is 37.3 Å². The van der Waals surface area contributed by atoms with Crippen molar-refractivity contribution in [2.45, 2.75) is 13.0 Å². The molecular weight excluding hydrogens is 214 g/mol. The maximum Gasteiger partial charge on any atom is 0.161 e. The minimum Gasteiger partial charge on any atom is -0.396 e. The molecule has 0 radical (unpaired) electrons. The summed E-state index contributed by atoms with van der Waals surface area (Å²) in [6, 6.07) is 9.91. The lowest BCUT2D eigenvalue weighted by atomic mass is 10.1. The maximum atomic E-state index is 5.69. The molecule has 17 heavy (non-hydrogen) atoms. The second-order valence-electron chi connectivity index (χ2n) is 3.62. The Labute approximate surface area is 100 Å². The van der Waals surface area contributed by atoms with E-state index in [1.54, 1.807) is 12.4 Å². The molecule has 2 rings (SSSR count). The highest BCUT2D eigenvalue weighted by Crippen LogP contribution is 2.22. The first-order chi connectivity index (χ1) is 8.31. The van der Waals surface area contributed by atoms with Gasteiger partial charge < -0.3 is 10.5 Å². The molecule has 1 atom stereocenters. The Hall–Kier alpha value is -1.94. The molecule has 1 aromatic heterocycles. The van der Waals surface area contributed by atoms with Crippen LogP contribution in [0.15, 0.2) is 42.7 Å². The third kappa shape index (κ3) is 2.79. The summed E-state index contributed by atoms with van der Waals surface area (Å²) in [7, 11) is 0. The van der Waals surface area contributed by atoms with Crippen molar-refractivity contribution in [3.05, 3.63) is 54.1 Å². The Morgan fingerprint density at radius 1 is 1.18 bits per heavy atom. The third-order valence-electron chi connectivity index (χ3n) is 2.36. The van der Waals surface area contributed by atoms with Crippen LogP contribution in [0.1, 0.15) is 24.4 Å². The Morgan fingerprint density at radius 2 is 1.82 bits per heavy atom. The molecule has 0 fully saturated rings. The van der Waals surface area contributed by atoms with Crippen LogP contribution in [0, 0.1) is 0 Å². The Balaban J connectivity index is 2.32. The zero-order chi connectivity index (χ0) is 12.1. The van der Waals surface area contributed by atoms with Crippen molar-refractivity contribution in [3.63, 3.8) is 0 Å². The standard InChI is InChI=1S/C13H15N3O/c1-2-17-12(10-6-4-3-5-7-10)13-15-8-11(14)9-16-13/h3-9,12H,2,14H2,1H3. The van der Waals surface area contributed by atoms with E-state index in [4.69, 9.17) is 10.5 Å². The molecule has 1 aromatic carbocycles. The molecule has 0 bridgehead atoms. The van der Waals surface area contributed by atoms with Crippen LogP contribution in [0.25, 0.3) is 0 Å². The first kappa shape index (κ1) is 11.5. The van der Waals surface area contributed by atoms with E-state index in [-0.39, 0.29) is 6.10 Å². The van der Waals surface area contributed by atoms with Gasteiger partial charge in [-0.1, -0.05) is 30.3 Å². The quantitative estimate of drug-likeness (QED) is 0.873. The predicted octanol–water partition coefficient (Wildman–Crippen LogP) is 2.18. The fourth-order valence-electron chi connectivity index (χ4n) is 1.60. The molecule has 0 aliphatic rings. The summed E-state index contributed by atoms with van der Waals surface area (Å²) in [6.07, 6.45) is 2.95. The van der Waals surface area contributed by atoms with Gasteiger partial charge in [0.1, 0.15) is 6.10 Å². The minimum atomic E-state index is -0.234. The summed E-state index contributed by atoms with van der Waals surface area (Å²) in [5, 5.41) is 0. The number of hydrogen-bond acceptors (Lipinski definition) is 4. The fourth-order valence-corrected chi connectivity index (χ4v) is 1.60. The lowest BCUT2D eigenvalue weighted by molar-refractivity contribution is 0.0851. The van der Waals surface area contributed by atoms with Gasteiger partial charge in [0.05, 0.1) is 18.1 Å². The topological polar surface area (TPSA) is 61.0 Å². The SMILES string of the molecule is CCOC(c1ccccc1)c1ncc(N)cn1. The zero-order valence-electron chi connectivity index (χ0n) is 9.71. The van der Waals surface area contributed by atoms with E-state index >= 15 is 0 Å². The van der Waals surface area contributed by atoms with Crippen molar-refractivity contribution < 1.29 is 4.74 Å². The van der Waals surface area contributed by atoms with Crippen molar-refractivity contribution in [1.82, 2.24) is 9.97 Å². The molecule has 4 heteroatoms. The molecule has 1 unspecified atom stereocenters. The van der Waals surface area contributed by atoms with Gasteiger partial charge in [0.2, 0.25) is 0 Å². The average molecular weight is 229 g/mol. The van der Waals surface area contributed by atoms with Crippen LogP contribution in [0.4, 0.5) is 5.69 Å². The largest absolute Gasteiger partial charge is 0.396 e. The van der Waals surface area contributed by atoms with Crippen LogP contribution >= 0.6 is 0 Å². The molecule has 2 N–H and O–H groups in total. The molecular formula is C13H15N3O. The second-order valence-corrected chi connectivity index (χ2v) is 3.62. The molecule has 0 saturated heterocycles. The lowest BCUT2D eigenvalue weighted by Gasteiger charge is -2.15. The summed E-state index contributed by atoms with van der Waals surface area (Å²) >= 11 is 0. The van der Waals surface area contributed by atoms with Gasteiger partial charge in [-0.25, -0.2) is 9.97 Å². The van der Waals surface area contributed by atoms with Crippen LogP contribution < -0.4 is 5.73 Å². The highest BCUT2D eigenvalue weighted by Gasteiger charge is 2.16. The summed E-state index contributed by atoms with van der Waals surface area (Å²) in [6.45, 7) is 2.56. The smallest absolute Gasteiger partial charge is 0.161 e. The Kier molecular flexibility index (Phi) is 3.67. The number of ether oxygens (including phenoxy) is 1. The molecule has 0 aliphatic heterocycles. The summed E-state index contributed by atoms with van der Waals surface area (Å²) in [5.74, 6) is 0.632. The van der Waals surface area contributed by atoms with E-state index in [2.05, 4.69) is 9.97 Å². The molecule has 0 saturated carbocycles. The van der Waals surface area contributed by atoms with E-state index in [9.17, 15) is 0 Å². The van der Waals surface area contributed by atoms with Crippen molar-refractivity contribution in [2.75, 3.05) is 12.3 Å². The van der Waals surface area contributed by atoms with Gasteiger partial charge in [0.25, 0.3) is 0 Å². The highest BCUT2D eigenvalue weighted by atomic mass is 16.5. The van der Waals surface area contributed by atoms with Crippen LogP contribution in [-0.4, -0.2) is 16.6 Å². The van der Waals surface area contributed by atoms with Crippen molar-refractivity contribution in [2.24, 2.45) is 0 Å². The van der Waals surface area contributed by atoms with Gasteiger partial charge in [-0.3, -0.25) is 0 Å². The van der Waals surface area contributed by atoms with E-state index in [1.165, 1.54) is 0 Å². The van der Waals surface area contributed by atoms with Crippen LogP contribution in [-0.2, 0) is 4.74 Å². The fraction of sp³-hybridized carbons (Fsp3) is 0.231. The number of nitrogens with two attached hydrogens (primary N) is 1. The van der Waals surface area contributed by atoms with Crippen LogP contribution in [0.2, 0.25) is 0 Å². The average Bonchev–Trinajstić information content (AvgIpc) is 2.38. The number of nitrogen functional groups attached to an aromatic ring is 1. The Morgan fingerprint density at radius 3 is 2.41 bits per heavy atom. The van der Waals surface area contributed by atoms with Crippen LogP contribution in [0.3, 0.4) is 0 Å². The van der Waals surface area contributed by atoms with E-state index in [0.717, 1.165) is 5.56 Å². The van der Waals surface area contributed by atoms with Gasteiger partial charge in [-0.2, -0.15) is 0 Å². The minimum absolute atomic E-state index is 0.234. The zero-order valence-corrected chi connectivity index (χ0v) is 9.71. The number of anilines is 1.